The zero-order valence-corrected chi connectivity index (χ0v) is 24.9. The lowest BCUT2D eigenvalue weighted by molar-refractivity contribution is 0.668. The van der Waals surface area contributed by atoms with Crippen LogP contribution in [-0.4, -0.2) is 4.57 Å². The molecule has 0 atom stereocenters. The van der Waals surface area contributed by atoms with E-state index in [4.69, 9.17) is 8.83 Å². The van der Waals surface area contributed by atoms with Gasteiger partial charge in [-0.1, -0.05) is 81.6 Å². The Morgan fingerprint density at radius 2 is 1.52 bits per heavy atom. The van der Waals surface area contributed by atoms with Crippen LogP contribution in [0, 0.1) is 6.92 Å². The summed E-state index contributed by atoms with van der Waals surface area (Å²) in [5.41, 5.74) is 10.8. The molecule has 0 spiro atoms. The first-order valence-electron chi connectivity index (χ1n) is 14.6. The highest BCUT2D eigenvalue weighted by Crippen LogP contribution is 2.43. The van der Waals surface area contributed by atoms with Crippen molar-refractivity contribution in [2.75, 3.05) is 0 Å². The first-order valence-corrected chi connectivity index (χ1v) is 14.6. The summed E-state index contributed by atoms with van der Waals surface area (Å²) in [7, 11) is 0. The predicted octanol–water partition coefficient (Wildman–Crippen LogP) is 12.0. The van der Waals surface area contributed by atoms with Crippen LogP contribution in [0.5, 0.6) is 0 Å². The highest BCUT2D eigenvalue weighted by molar-refractivity contribution is 6.19. The van der Waals surface area contributed by atoms with Gasteiger partial charge in [0.15, 0.2) is 0 Å². The Morgan fingerprint density at radius 1 is 0.786 bits per heavy atom. The van der Waals surface area contributed by atoms with Crippen molar-refractivity contribution in [3.8, 4) is 5.69 Å². The number of rotatable bonds is 5. The minimum atomic E-state index is 0.863. The SMILES string of the molecule is C=Cc1c(/C=C\C)n(-c2ccc3oc4ccccc4c3c2)c2ccc3c4ccc(C)c(C(=C)/C=C\C)c4oc3c12.CC. The maximum atomic E-state index is 6.79. The van der Waals surface area contributed by atoms with Crippen LogP contribution in [0.3, 0.4) is 0 Å². The van der Waals surface area contributed by atoms with Crippen LogP contribution in [0.1, 0.15) is 50.1 Å². The Balaban J connectivity index is 0.00000155. The van der Waals surface area contributed by atoms with Crippen LogP contribution < -0.4 is 0 Å². The molecule has 3 aromatic heterocycles. The Morgan fingerprint density at radius 3 is 2.29 bits per heavy atom. The number of para-hydroxylation sites is 1. The predicted molar refractivity (Wildman–Crippen MR) is 183 cm³/mol. The van der Waals surface area contributed by atoms with Crippen molar-refractivity contribution in [1.82, 2.24) is 4.57 Å². The van der Waals surface area contributed by atoms with Gasteiger partial charge in [0, 0.05) is 38.4 Å². The maximum absolute atomic E-state index is 6.79. The third-order valence-corrected chi connectivity index (χ3v) is 7.86. The highest BCUT2D eigenvalue weighted by atomic mass is 16.3. The summed E-state index contributed by atoms with van der Waals surface area (Å²) in [6.07, 6.45) is 10.2. The third kappa shape index (κ3) is 3.96. The molecule has 3 heteroatoms. The fraction of sp³-hybridized carbons (Fsp3) is 0.128. The number of benzene rings is 4. The Hall–Kier alpha value is -5.02. The van der Waals surface area contributed by atoms with E-state index in [0.29, 0.717) is 0 Å². The molecule has 7 rings (SSSR count). The van der Waals surface area contributed by atoms with E-state index in [0.717, 1.165) is 88.4 Å². The van der Waals surface area contributed by atoms with Crippen molar-refractivity contribution in [2.24, 2.45) is 0 Å². The van der Waals surface area contributed by atoms with Gasteiger partial charge in [-0.05, 0) is 74.4 Å². The van der Waals surface area contributed by atoms with Gasteiger partial charge in [0.05, 0.1) is 16.6 Å². The first kappa shape index (κ1) is 27.2. The van der Waals surface area contributed by atoms with Gasteiger partial charge in [-0.25, -0.2) is 0 Å². The number of nitrogens with zero attached hydrogens (tertiary/aromatic N) is 1. The lowest BCUT2D eigenvalue weighted by Gasteiger charge is -2.09. The van der Waals surface area contributed by atoms with Crippen LogP contribution in [-0.2, 0) is 0 Å². The van der Waals surface area contributed by atoms with Gasteiger partial charge in [-0.3, -0.25) is 0 Å². The number of hydrogen-bond acceptors (Lipinski definition) is 2. The van der Waals surface area contributed by atoms with Crippen molar-refractivity contribution in [1.29, 1.82) is 0 Å². The minimum absolute atomic E-state index is 0.863. The molecule has 0 N–H and O–H groups in total. The summed E-state index contributed by atoms with van der Waals surface area (Å²) in [5, 5.41) is 5.42. The fourth-order valence-electron chi connectivity index (χ4n) is 6.16. The van der Waals surface area contributed by atoms with Crippen molar-refractivity contribution < 1.29 is 8.83 Å². The third-order valence-electron chi connectivity index (χ3n) is 7.86. The van der Waals surface area contributed by atoms with Crippen LogP contribution in [0.15, 0.2) is 107 Å². The topological polar surface area (TPSA) is 31.2 Å². The molecule has 7 aromatic rings. The zero-order valence-electron chi connectivity index (χ0n) is 24.9. The van der Waals surface area contributed by atoms with Gasteiger partial charge in [0.1, 0.15) is 22.3 Å². The molecule has 208 valence electrons. The summed E-state index contributed by atoms with van der Waals surface area (Å²) in [5.74, 6) is 0. The molecule has 42 heavy (non-hydrogen) atoms. The summed E-state index contributed by atoms with van der Waals surface area (Å²) in [6, 6.07) is 23.3. The average Bonchev–Trinajstić information content (AvgIpc) is 3.67. The normalized spacial score (nSPS) is 11.9. The van der Waals surface area contributed by atoms with Crippen LogP contribution in [0.25, 0.3) is 78.2 Å². The zero-order chi connectivity index (χ0) is 29.5. The van der Waals surface area contributed by atoms with E-state index >= 15 is 0 Å². The van der Waals surface area contributed by atoms with Gasteiger partial charge in [-0.2, -0.15) is 0 Å². The van der Waals surface area contributed by atoms with Gasteiger partial charge in [0.25, 0.3) is 0 Å². The highest BCUT2D eigenvalue weighted by Gasteiger charge is 2.22. The number of furan rings is 2. The standard InChI is InChI=1S/C37H29NO2.C2H6/c1-6-11-22(4)34-23(5)15-17-27-28-18-19-31-35(37(28)40-36(27)34)25(8-3)30(12-7-2)38(31)24-16-20-33-29(21-24)26-13-9-10-14-32(26)39-33;1-2/h6-21H,3-4H2,1-2,5H3;1-2H3/b11-6-,12-7-;. The van der Waals surface area contributed by atoms with E-state index in [1.165, 1.54) is 0 Å². The molecule has 4 aromatic carbocycles. The quantitative estimate of drug-likeness (QED) is 0.200. The molecule has 0 saturated carbocycles. The van der Waals surface area contributed by atoms with Gasteiger partial charge in [-0.15, -0.1) is 0 Å². The smallest absolute Gasteiger partial charge is 0.145 e. The van der Waals surface area contributed by atoms with Crippen molar-refractivity contribution in [3.05, 3.63) is 121 Å². The van der Waals surface area contributed by atoms with Gasteiger partial charge < -0.3 is 13.4 Å². The second kappa shape index (κ2) is 10.8. The molecule has 0 aliphatic carbocycles. The minimum Gasteiger partial charge on any atom is -0.456 e. The molecule has 0 saturated heterocycles. The van der Waals surface area contributed by atoms with E-state index in [2.05, 4.69) is 91.4 Å². The largest absolute Gasteiger partial charge is 0.456 e. The number of hydrogen-bond donors (Lipinski definition) is 0. The van der Waals surface area contributed by atoms with Crippen molar-refractivity contribution in [3.63, 3.8) is 0 Å². The van der Waals surface area contributed by atoms with Crippen molar-refractivity contribution in [2.45, 2.75) is 34.6 Å². The summed E-state index contributed by atoms with van der Waals surface area (Å²) in [4.78, 5) is 0. The monoisotopic (exact) mass is 549 g/mol. The number of aromatic nitrogens is 1. The van der Waals surface area contributed by atoms with E-state index in [9.17, 15) is 0 Å². The van der Waals surface area contributed by atoms with E-state index in [1.54, 1.807) is 0 Å². The number of allylic oxidation sites excluding steroid dienone is 4. The molecule has 0 fully saturated rings. The summed E-state index contributed by atoms with van der Waals surface area (Å²) < 4.78 is 15.2. The first-order chi connectivity index (χ1) is 20.5. The molecule has 0 bridgehead atoms. The average molecular weight is 550 g/mol. The van der Waals surface area contributed by atoms with Crippen molar-refractivity contribution >= 4 is 72.5 Å². The maximum Gasteiger partial charge on any atom is 0.145 e. The second-order valence-electron chi connectivity index (χ2n) is 10.2. The fourth-order valence-corrected chi connectivity index (χ4v) is 6.16. The van der Waals surface area contributed by atoms with Crippen LogP contribution >= 0.6 is 0 Å². The van der Waals surface area contributed by atoms with Gasteiger partial charge >= 0.3 is 0 Å². The molecule has 0 radical (unpaired) electrons. The Kier molecular flexibility index (Phi) is 6.96. The lowest BCUT2D eigenvalue weighted by Crippen LogP contribution is -1.96. The van der Waals surface area contributed by atoms with Crippen LogP contribution in [0.4, 0.5) is 0 Å². The summed E-state index contributed by atoms with van der Waals surface area (Å²) >= 11 is 0. The Labute approximate surface area is 246 Å². The molecule has 3 heterocycles. The molecule has 0 amide bonds. The molecular weight excluding hydrogens is 514 g/mol. The van der Waals surface area contributed by atoms with Crippen LogP contribution in [0.2, 0.25) is 0 Å². The molecule has 0 unspecified atom stereocenters. The number of fused-ring (bicyclic) bond motifs is 8. The number of aryl methyl sites for hydroxylation is 1. The van der Waals surface area contributed by atoms with E-state index in [-0.39, 0.29) is 0 Å². The lowest BCUT2D eigenvalue weighted by atomic mass is 9.98. The molecule has 0 aliphatic rings. The molecule has 0 aliphatic heterocycles. The molecule has 3 nitrogen and oxygen atoms in total. The summed E-state index contributed by atoms with van der Waals surface area (Å²) in [6.45, 7) is 18.7. The Bertz CT molecular complexity index is 2230. The second-order valence-corrected chi connectivity index (χ2v) is 10.2. The van der Waals surface area contributed by atoms with E-state index < -0.39 is 0 Å². The van der Waals surface area contributed by atoms with E-state index in [1.807, 2.05) is 58.1 Å². The van der Waals surface area contributed by atoms with Gasteiger partial charge in [0.2, 0.25) is 0 Å². The molecular formula is C39H35NO2.